The van der Waals surface area contributed by atoms with Crippen LogP contribution in [0.25, 0.3) is 76.5 Å². The number of para-hydroxylation sites is 2. The lowest BCUT2D eigenvalue weighted by molar-refractivity contribution is 0.927. The maximum absolute atomic E-state index is 9.80. The lowest BCUT2D eigenvalue weighted by Crippen LogP contribution is -2.12. The highest BCUT2D eigenvalue weighted by molar-refractivity contribution is 6.37. The number of aryl methyl sites for hydroxylation is 1. The average Bonchev–Trinajstić information content (AvgIpc) is 3.80. The van der Waals surface area contributed by atoms with Gasteiger partial charge in [-0.2, -0.15) is 5.26 Å². The molecule has 232 valence electrons. The van der Waals surface area contributed by atoms with Gasteiger partial charge in [-0.15, -0.1) is 0 Å². The van der Waals surface area contributed by atoms with E-state index in [9.17, 15) is 5.26 Å². The second-order valence-electron chi connectivity index (χ2n) is 13.2. The number of allylic oxidation sites excluding steroid dienone is 1. The van der Waals surface area contributed by atoms with Gasteiger partial charge in [-0.1, -0.05) is 84.9 Å². The molecule has 4 aromatic heterocycles. The van der Waals surface area contributed by atoms with Crippen molar-refractivity contribution in [2.24, 2.45) is 4.99 Å². The first-order valence-electron chi connectivity index (χ1n) is 17.0. The van der Waals surface area contributed by atoms with Crippen LogP contribution >= 0.6 is 0 Å². The lowest BCUT2D eigenvalue weighted by Gasteiger charge is -2.17. The second kappa shape index (κ2) is 10.1. The molecule has 0 spiro atoms. The summed E-state index contributed by atoms with van der Waals surface area (Å²) in [6.45, 7) is 0. The minimum absolute atomic E-state index is 0.605. The summed E-state index contributed by atoms with van der Waals surface area (Å²) in [7, 11) is 0. The smallest absolute Gasteiger partial charge is 0.134 e. The molecule has 0 bridgehead atoms. The van der Waals surface area contributed by atoms with E-state index in [4.69, 9.17) is 9.98 Å². The predicted molar refractivity (Wildman–Crippen MR) is 205 cm³/mol. The largest absolute Gasteiger partial charge is 0.307 e. The van der Waals surface area contributed by atoms with Gasteiger partial charge in [-0.05, 0) is 66.8 Å². The first kappa shape index (κ1) is 27.2. The van der Waals surface area contributed by atoms with Crippen molar-refractivity contribution >= 4 is 82.2 Å². The maximum atomic E-state index is 9.80. The van der Waals surface area contributed by atoms with Crippen molar-refractivity contribution in [2.45, 2.75) is 12.8 Å². The summed E-state index contributed by atoms with van der Waals surface area (Å²) >= 11 is 0. The predicted octanol–water partition coefficient (Wildman–Crippen LogP) is 10.6. The number of nitriles is 1. The minimum atomic E-state index is 0.605. The molecule has 0 radical (unpaired) electrons. The van der Waals surface area contributed by atoms with Crippen LogP contribution in [-0.4, -0.2) is 19.7 Å². The van der Waals surface area contributed by atoms with Crippen molar-refractivity contribution in [3.05, 3.63) is 162 Å². The summed E-state index contributed by atoms with van der Waals surface area (Å²) in [6, 6.07) is 47.4. The Morgan fingerprint density at radius 1 is 0.620 bits per heavy atom. The summed E-state index contributed by atoms with van der Waals surface area (Å²) in [5, 5.41) is 19.7. The van der Waals surface area contributed by atoms with E-state index >= 15 is 0 Å². The van der Waals surface area contributed by atoms with Gasteiger partial charge in [-0.3, -0.25) is 9.55 Å². The fraction of sp³-hybridized carbons (Fsp3) is 0.0444. The molecule has 0 N–H and O–H groups in total. The Hall–Kier alpha value is -6.77. The SMILES string of the molecule is N#Cc1cccc(C2=N/C(n3c4ccccc4c4c5c6ccc7ccccc7c6n6c7ccccc7c(cc43)c56)=C\CCc3ncccc32)c1. The van der Waals surface area contributed by atoms with E-state index in [0.29, 0.717) is 5.56 Å². The Morgan fingerprint density at radius 3 is 2.34 bits per heavy atom. The van der Waals surface area contributed by atoms with E-state index in [1.165, 1.54) is 59.6 Å². The highest BCUT2D eigenvalue weighted by Gasteiger charge is 2.26. The van der Waals surface area contributed by atoms with E-state index in [0.717, 1.165) is 52.2 Å². The van der Waals surface area contributed by atoms with Crippen LogP contribution in [0.4, 0.5) is 0 Å². The number of aromatic nitrogens is 3. The molecule has 5 heterocycles. The minimum Gasteiger partial charge on any atom is -0.307 e. The van der Waals surface area contributed by atoms with Crippen molar-refractivity contribution < 1.29 is 0 Å². The van der Waals surface area contributed by atoms with Crippen LogP contribution in [0.2, 0.25) is 0 Å². The van der Waals surface area contributed by atoms with Crippen LogP contribution in [0.15, 0.2) is 145 Å². The number of hydrogen-bond acceptors (Lipinski definition) is 3. The van der Waals surface area contributed by atoms with Gasteiger partial charge in [0.1, 0.15) is 5.82 Å². The van der Waals surface area contributed by atoms with E-state index in [1.54, 1.807) is 0 Å². The third kappa shape index (κ3) is 3.60. The molecule has 0 unspecified atom stereocenters. The Balaban J connectivity index is 1.32. The van der Waals surface area contributed by atoms with Gasteiger partial charge in [0.25, 0.3) is 0 Å². The fourth-order valence-corrected chi connectivity index (χ4v) is 8.52. The van der Waals surface area contributed by atoms with Gasteiger partial charge in [0, 0.05) is 55.0 Å². The Bertz CT molecular complexity index is 3160. The van der Waals surface area contributed by atoms with Gasteiger partial charge in [0.15, 0.2) is 0 Å². The summed E-state index contributed by atoms with van der Waals surface area (Å²) < 4.78 is 4.86. The van der Waals surface area contributed by atoms with Crippen LogP contribution in [0.3, 0.4) is 0 Å². The number of fused-ring (bicyclic) bond motifs is 13. The maximum Gasteiger partial charge on any atom is 0.134 e. The zero-order valence-electron chi connectivity index (χ0n) is 26.9. The van der Waals surface area contributed by atoms with Crippen LogP contribution in [0.5, 0.6) is 0 Å². The summed E-state index contributed by atoms with van der Waals surface area (Å²) in [4.78, 5) is 10.3. The molecule has 1 aliphatic heterocycles. The number of aliphatic imine (C=N–C) groups is 1. The van der Waals surface area contributed by atoms with Gasteiger partial charge >= 0.3 is 0 Å². The molecular formula is C45H27N5. The topological polar surface area (TPSA) is 58.4 Å². The van der Waals surface area contributed by atoms with E-state index in [-0.39, 0.29) is 0 Å². The molecule has 0 atom stereocenters. The monoisotopic (exact) mass is 637 g/mol. The number of benzene rings is 6. The molecule has 0 aliphatic carbocycles. The van der Waals surface area contributed by atoms with Crippen LogP contribution < -0.4 is 0 Å². The number of nitrogens with zero attached hydrogens (tertiary/aromatic N) is 5. The molecule has 0 saturated heterocycles. The van der Waals surface area contributed by atoms with Crippen molar-refractivity contribution in [2.75, 3.05) is 0 Å². The van der Waals surface area contributed by atoms with Gasteiger partial charge < -0.3 is 4.40 Å². The first-order valence-corrected chi connectivity index (χ1v) is 17.0. The number of hydrogen-bond donors (Lipinski definition) is 0. The average molecular weight is 638 g/mol. The molecule has 50 heavy (non-hydrogen) atoms. The Labute approximate surface area is 286 Å². The molecule has 0 amide bonds. The van der Waals surface area contributed by atoms with Crippen molar-refractivity contribution in [1.82, 2.24) is 14.0 Å². The third-order valence-corrected chi connectivity index (χ3v) is 10.6. The Kier molecular flexibility index (Phi) is 5.51. The highest BCUT2D eigenvalue weighted by atomic mass is 15.1. The quantitative estimate of drug-likeness (QED) is 0.189. The summed E-state index contributed by atoms with van der Waals surface area (Å²) in [6.07, 6.45) is 5.70. The molecular weight excluding hydrogens is 611 g/mol. The van der Waals surface area contributed by atoms with Crippen molar-refractivity contribution in [3.8, 4) is 6.07 Å². The van der Waals surface area contributed by atoms with Crippen molar-refractivity contribution in [1.29, 1.82) is 5.26 Å². The molecule has 1 aliphatic rings. The van der Waals surface area contributed by atoms with Crippen LogP contribution in [0, 0.1) is 11.3 Å². The summed E-state index contributed by atoms with van der Waals surface area (Å²) in [5.74, 6) is 0.870. The molecule has 10 aromatic rings. The van der Waals surface area contributed by atoms with Gasteiger partial charge in [0.2, 0.25) is 0 Å². The molecule has 6 aromatic carbocycles. The fourth-order valence-electron chi connectivity index (χ4n) is 8.52. The van der Waals surface area contributed by atoms with E-state index in [2.05, 4.69) is 118 Å². The zero-order valence-corrected chi connectivity index (χ0v) is 26.9. The molecule has 5 nitrogen and oxygen atoms in total. The molecule has 11 rings (SSSR count). The highest BCUT2D eigenvalue weighted by Crippen LogP contribution is 2.48. The first-order chi connectivity index (χ1) is 24.8. The standard InChI is InChI=1S/C45H27N5/c46-26-27-10-7-12-29(24-27)43-32-16-9-23-47-36(32)17-8-20-40(48-43)49-38-19-6-4-15-33(38)41-39(49)25-35-31-14-3-5-18-37(31)50-44-30-13-2-1-11-28(30)21-22-34(44)42(41)45(35)50/h1-7,9-16,18-25H,8,17H2/b40-20+,48-43?. The molecule has 0 fully saturated rings. The number of pyridine rings is 1. The number of rotatable bonds is 2. The van der Waals surface area contributed by atoms with E-state index in [1.807, 2.05) is 36.5 Å². The Morgan fingerprint density at radius 2 is 1.44 bits per heavy atom. The van der Waals surface area contributed by atoms with E-state index < -0.39 is 0 Å². The molecule has 0 saturated carbocycles. The summed E-state index contributed by atoms with van der Waals surface area (Å²) in [5.41, 5.74) is 10.3. The second-order valence-corrected chi connectivity index (χ2v) is 13.2. The third-order valence-electron chi connectivity index (χ3n) is 10.6. The van der Waals surface area contributed by atoms with Crippen LogP contribution in [0.1, 0.15) is 28.8 Å². The van der Waals surface area contributed by atoms with Gasteiger partial charge in [-0.25, -0.2) is 4.99 Å². The molecule has 5 heteroatoms. The van der Waals surface area contributed by atoms with Crippen LogP contribution in [-0.2, 0) is 6.42 Å². The normalized spacial score (nSPS) is 14.7. The van der Waals surface area contributed by atoms with Crippen molar-refractivity contribution in [3.63, 3.8) is 0 Å². The lowest BCUT2D eigenvalue weighted by atomic mass is 9.96. The zero-order chi connectivity index (χ0) is 32.9. The van der Waals surface area contributed by atoms with Gasteiger partial charge in [0.05, 0.1) is 50.6 Å².